The fourth-order valence-corrected chi connectivity index (χ4v) is 4.86. The molecular formula is C20H22N2O5S. The Kier molecular flexibility index (Phi) is 4.76. The average molecular weight is 402 g/mol. The molecule has 7 nitrogen and oxygen atoms in total. The Morgan fingerprint density at radius 2 is 1.86 bits per heavy atom. The molecule has 0 radical (unpaired) electrons. The summed E-state index contributed by atoms with van der Waals surface area (Å²) in [5.74, 6) is 1.08. The zero-order valence-electron chi connectivity index (χ0n) is 15.7. The number of ether oxygens (including phenoxy) is 2. The fourth-order valence-electron chi connectivity index (χ4n) is 3.78. The summed E-state index contributed by atoms with van der Waals surface area (Å²) in [4.78, 5) is 15.1. The normalized spacial score (nSPS) is 22.2. The Morgan fingerprint density at radius 1 is 1.14 bits per heavy atom. The molecule has 0 N–H and O–H groups in total. The lowest BCUT2D eigenvalue weighted by Crippen LogP contribution is -2.47. The highest BCUT2D eigenvalue weighted by molar-refractivity contribution is 7.88. The van der Waals surface area contributed by atoms with E-state index in [4.69, 9.17) is 9.47 Å². The molecule has 0 spiro atoms. The van der Waals surface area contributed by atoms with Gasteiger partial charge in [0, 0.05) is 6.42 Å². The molecule has 1 saturated heterocycles. The van der Waals surface area contributed by atoms with Crippen molar-refractivity contribution >= 4 is 21.6 Å². The van der Waals surface area contributed by atoms with Crippen molar-refractivity contribution in [3.05, 3.63) is 54.1 Å². The van der Waals surface area contributed by atoms with Gasteiger partial charge in [-0.05, 0) is 29.8 Å². The van der Waals surface area contributed by atoms with E-state index in [1.807, 2.05) is 48.5 Å². The molecule has 2 aromatic carbocycles. The molecule has 2 aromatic rings. The Bertz CT molecular complexity index is 990. The predicted molar refractivity (Wildman–Crippen MR) is 105 cm³/mol. The fraction of sp³-hybridized carbons (Fsp3) is 0.350. The van der Waals surface area contributed by atoms with Crippen LogP contribution in [-0.2, 0) is 21.4 Å². The lowest BCUT2D eigenvalue weighted by molar-refractivity contribution is -0.122. The number of carbonyl (C=O) groups is 1. The standard InChI is InChI=1S/C20H22N2O5S/c1-26-15-9-7-14(8-10-15)12-21-17-5-3-4-6-19(17)27-16-11-18(20(21)23)22(13-16)28(2,24)25/h3-10,16,18H,11-13H2,1-2H3. The number of sulfonamides is 1. The monoisotopic (exact) mass is 402 g/mol. The van der Waals surface area contributed by atoms with Gasteiger partial charge in [-0.2, -0.15) is 4.31 Å². The number of nitrogens with zero attached hydrogens (tertiary/aromatic N) is 2. The van der Waals surface area contributed by atoms with Crippen molar-refractivity contribution in [2.24, 2.45) is 0 Å². The van der Waals surface area contributed by atoms with Gasteiger partial charge in [0.2, 0.25) is 15.9 Å². The highest BCUT2D eigenvalue weighted by Crippen LogP contribution is 2.37. The van der Waals surface area contributed by atoms with Gasteiger partial charge in [-0.15, -0.1) is 0 Å². The number of rotatable bonds is 4. The molecule has 2 heterocycles. The molecule has 8 heteroatoms. The molecular weight excluding hydrogens is 380 g/mol. The Hall–Kier alpha value is -2.58. The number of para-hydroxylation sites is 2. The average Bonchev–Trinajstić information content (AvgIpc) is 3.11. The van der Waals surface area contributed by atoms with Crippen LogP contribution in [0.15, 0.2) is 48.5 Å². The van der Waals surface area contributed by atoms with Crippen molar-refractivity contribution in [1.82, 2.24) is 4.31 Å². The summed E-state index contributed by atoms with van der Waals surface area (Å²) in [5, 5.41) is 0. The summed E-state index contributed by atoms with van der Waals surface area (Å²) in [6, 6.07) is 14.0. The van der Waals surface area contributed by atoms with Crippen molar-refractivity contribution in [3.63, 3.8) is 0 Å². The highest BCUT2D eigenvalue weighted by atomic mass is 32.2. The van der Waals surface area contributed by atoms with Gasteiger partial charge in [0.15, 0.2) is 0 Å². The second kappa shape index (κ2) is 7.10. The van der Waals surface area contributed by atoms with Crippen molar-refractivity contribution < 1.29 is 22.7 Å². The van der Waals surface area contributed by atoms with Crippen LogP contribution >= 0.6 is 0 Å². The number of hydrogen-bond acceptors (Lipinski definition) is 5. The maximum Gasteiger partial charge on any atom is 0.246 e. The van der Waals surface area contributed by atoms with Crippen LogP contribution in [0.25, 0.3) is 0 Å². The molecule has 148 valence electrons. The molecule has 2 unspecified atom stereocenters. The number of methoxy groups -OCH3 is 1. The van der Waals surface area contributed by atoms with Crippen LogP contribution in [0.1, 0.15) is 12.0 Å². The number of anilines is 1. The summed E-state index contributed by atoms with van der Waals surface area (Å²) in [6.07, 6.45) is 1.14. The third kappa shape index (κ3) is 3.45. The second-order valence-electron chi connectivity index (χ2n) is 7.06. The Balaban J connectivity index is 1.74. The van der Waals surface area contributed by atoms with Gasteiger partial charge in [-0.25, -0.2) is 8.42 Å². The molecule has 1 fully saturated rings. The topological polar surface area (TPSA) is 76.2 Å². The largest absolute Gasteiger partial charge is 0.497 e. The number of hydrogen-bond donors (Lipinski definition) is 0. The van der Waals surface area contributed by atoms with Crippen LogP contribution in [0.4, 0.5) is 5.69 Å². The van der Waals surface area contributed by atoms with Crippen molar-refractivity contribution in [2.45, 2.75) is 25.1 Å². The first kappa shape index (κ1) is 18.8. The van der Waals surface area contributed by atoms with Crippen LogP contribution < -0.4 is 14.4 Å². The summed E-state index contributed by atoms with van der Waals surface area (Å²) in [7, 11) is -1.93. The van der Waals surface area contributed by atoms with Crippen molar-refractivity contribution in [3.8, 4) is 11.5 Å². The van der Waals surface area contributed by atoms with E-state index in [-0.39, 0.29) is 18.6 Å². The van der Waals surface area contributed by atoms with Gasteiger partial charge in [0.25, 0.3) is 0 Å². The lowest BCUT2D eigenvalue weighted by Gasteiger charge is -2.31. The molecule has 0 saturated carbocycles. The molecule has 2 aliphatic heterocycles. The molecule has 4 rings (SSSR count). The third-order valence-electron chi connectivity index (χ3n) is 5.14. The molecule has 1 amide bonds. The SMILES string of the molecule is COc1ccc(CN2C(=O)C3CC(CN3S(C)(=O)=O)Oc3ccccc32)cc1. The summed E-state index contributed by atoms with van der Waals surface area (Å²) < 4.78 is 37.0. The van der Waals surface area contributed by atoms with Gasteiger partial charge in [-0.1, -0.05) is 24.3 Å². The summed E-state index contributed by atoms with van der Waals surface area (Å²) >= 11 is 0. The molecule has 2 bridgehead atoms. The molecule has 2 atom stereocenters. The van der Waals surface area contributed by atoms with Crippen LogP contribution in [-0.4, -0.2) is 50.7 Å². The summed E-state index contributed by atoms with van der Waals surface area (Å²) in [5.41, 5.74) is 1.55. The van der Waals surface area contributed by atoms with Gasteiger partial charge in [0.1, 0.15) is 23.6 Å². The van der Waals surface area contributed by atoms with E-state index in [2.05, 4.69) is 0 Å². The maximum absolute atomic E-state index is 13.4. The second-order valence-corrected chi connectivity index (χ2v) is 9.00. The first-order valence-electron chi connectivity index (χ1n) is 9.03. The van der Waals surface area contributed by atoms with E-state index < -0.39 is 16.1 Å². The van der Waals surface area contributed by atoms with Crippen LogP contribution in [0.2, 0.25) is 0 Å². The first-order chi connectivity index (χ1) is 13.4. The Morgan fingerprint density at radius 3 is 2.54 bits per heavy atom. The molecule has 0 aliphatic carbocycles. The minimum Gasteiger partial charge on any atom is -0.497 e. The zero-order chi connectivity index (χ0) is 19.9. The molecule has 0 aromatic heterocycles. The third-order valence-corrected chi connectivity index (χ3v) is 6.40. The van der Waals surface area contributed by atoms with Gasteiger partial charge in [-0.3, -0.25) is 4.79 Å². The van der Waals surface area contributed by atoms with Crippen LogP contribution in [0, 0.1) is 0 Å². The number of amides is 1. The van der Waals surface area contributed by atoms with E-state index in [1.165, 1.54) is 4.31 Å². The first-order valence-corrected chi connectivity index (χ1v) is 10.9. The Labute approximate surface area is 164 Å². The van der Waals surface area contributed by atoms with E-state index in [9.17, 15) is 13.2 Å². The van der Waals surface area contributed by atoms with Crippen LogP contribution in [0.3, 0.4) is 0 Å². The van der Waals surface area contributed by atoms with Gasteiger partial charge >= 0.3 is 0 Å². The maximum atomic E-state index is 13.4. The molecule has 2 aliphatic rings. The van der Waals surface area contributed by atoms with E-state index >= 15 is 0 Å². The number of carbonyl (C=O) groups excluding carboxylic acids is 1. The number of benzene rings is 2. The minimum absolute atomic E-state index is 0.181. The van der Waals surface area contributed by atoms with Gasteiger partial charge in [0.05, 0.1) is 32.1 Å². The lowest BCUT2D eigenvalue weighted by atomic mass is 10.1. The highest BCUT2D eigenvalue weighted by Gasteiger charge is 2.46. The number of fused-ring (bicyclic) bond motifs is 3. The predicted octanol–water partition coefficient (Wildman–Crippen LogP) is 2.02. The zero-order valence-corrected chi connectivity index (χ0v) is 16.6. The smallest absolute Gasteiger partial charge is 0.246 e. The van der Waals surface area contributed by atoms with E-state index in [1.54, 1.807) is 12.0 Å². The van der Waals surface area contributed by atoms with E-state index in [0.29, 0.717) is 24.4 Å². The van der Waals surface area contributed by atoms with Crippen LogP contribution in [0.5, 0.6) is 11.5 Å². The molecule has 28 heavy (non-hydrogen) atoms. The van der Waals surface area contributed by atoms with E-state index in [0.717, 1.165) is 17.6 Å². The summed E-state index contributed by atoms with van der Waals surface area (Å²) in [6.45, 7) is 0.488. The van der Waals surface area contributed by atoms with Crippen molar-refractivity contribution in [2.75, 3.05) is 24.8 Å². The quantitative estimate of drug-likeness (QED) is 0.782. The van der Waals surface area contributed by atoms with Crippen molar-refractivity contribution in [1.29, 1.82) is 0 Å². The minimum atomic E-state index is -3.53. The van der Waals surface area contributed by atoms with Gasteiger partial charge < -0.3 is 14.4 Å².